The van der Waals surface area contributed by atoms with E-state index in [2.05, 4.69) is 4.98 Å². The lowest BCUT2D eigenvalue weighted by atomic mass is 10.2. The van der Waals surface area contributed by atoms with Crippen LogP contribution >= 0.6 is 11.6 Å². The first-order valence-corrected chi connectivity index (χ1v) is 6.86. The van der Waals surface area contributed by atoms with E-state index in [0.717, 1.165) is 0 Å². The molecule has 1 aromatic heterocycles. The number of halogens is 2. The van der Waals surface area contributed by atoms with E-state index in [1.165, 1.54) is 18.2 Å². The van der Waals surface area contributed by atoms with E-state index in [0.29, 0.717) is 11.6 Å². The Labute approximate surface area is 137 Å². The zero-order chi connectivity index (χ0) is 17.1. The number of benzene rings is 1. The number of amides is 1. The van der Waals surface area contributed by atoms with Gasteiger partial charge in [0.1, 0.15) is 28.3 Å². The number of carbonyl (C=O) groups is 1. The SMILES string of the molecule is CN(C)c1nc(C=C(C#N)C(N)=O)c(Cl)n1-c1ccc(F)cc1. The molecule has 1 heterocycles. The molecule has 0 fully saturated rings. The van der Waals surface area contributed by atoms with E-state index in [1.54, 1.807) is 41.8 Å². The summed E-state index contributed by atoms with van der Waals surface area (Å²) in [5.74, 6) is -0.794. The molecule has 118 valence electrons. The highest BCUT2D eigenvalue weighted by molar-refractivity contribution is 6.31. The summed E-state index contributed by atoms with van der Waals surface area (Å²) in [5.41, 5.74) is 5.66. The van der Waals surface area contributed by atoms with Crippen LogP contribution in [0.1, 0.15) is 5.69 Å². The number of imidazole rings is 1. The molecule has 0 bridgehead atoms. The Balaban J connectivity index is 2.66. The third kappa shape index (κ3) is 3.33. The maximum Gasteiger partial charge on any atom is 0.259 e. The first-order valence-electron chi connectivity index (χ1n) is 6.48. The Morgan fingerprint density at radius 2 is 2.04 bits per heavy atom. The maximum absolute atomic E-state index is 13.1. The first-order chi connectivity index (χ1) is 10.8. The second-order valence-electron chi connectivity index (χ2n) is 4.83. The van der Waals surface area contributed by atoms with Gasteiger partial charge >= 0.3 is 0 Å². The summed E-state index contributed by atoms with van der Waals surface area (Å²) in [7, 11) is 3.51. The average molecular weight is 334 g/mol. The zero-order valence-electron chi connectivity index (χ0n) is 12.4. The fourth-order valence-electron chi connectivity index (χ4n) is 1.91. The molecule has 0 saturated carbocycles. The minimum Gasteiger partial charge on any atom is -0.365 e. The Hall–Kier alpha value is -2.85. The third-order valence-corrected chi connectivity index (χ3v) is 3.34. The molecule has 1 amide bonds. The molecule has 0 unspecified atom stereocenters. The summed E-state index contributed by atoms with van der Waals surface area (Å²) in [4.78, 5) is 17.2. The van der Waals surface area contributed by atoms with Crippen molar-refractivity contribution in [1.82, 2.24) is 9.55 Å². The molecule has 6 nitrogen and oxygen atoms in total. The average Bonchev–Trinajstić information content (AvgIpc) is 2.82. The Morgan fingerprint density at radius 3 is 2.52 bits per heavy atom. The highest BCUT2D eigenvalue weighted by Gasteiger charge is 2.18. The smallest absolute Gasteiger partial charge is 0.259 e. The van der Waals surface area contributed by atoms with Gasteiger partial charge in [0.25, 0.3) is 5.91 Å². The summed E-state index contributed by atoms with van der Waals surface area (Å²) < 4.78 is 14.7. The van der Waals surface area contributed by atoms with Crippen molar-refractivity contribution in [3.8, 4) is 11.8 Å². The normalized spacial score (nSPS) is 11.2. The lowest BCUT2D eigenvalue weighted by Gasteiger charge is -2.14. The number of primary amides is 1. The van der Waals surface area contributed by atoms with Gasteiger partial charge in [0.2, 0.25) is 5.95 Å². The van der Waals surface area contributed by atoms with E-state index in [-0.39, 0.29) is 22.2 Å². The van der Waals surface area contributed by atoms with Crippen molar-refractivity contribution in [1.29, 1.82) is 5.26 Å². The molecule has 23 heavy (non-hydrogen) atoms. The van der Waals surface area contributed by atoms with Gasteiger partial charge in [0, 0.05) is 14.1 Å². The van der Waals surface area contributed by atoms with E-state index in [1.807, 2.05) is 0 Å². The van der Waals surface area contributed by atoms with Gasteiger partial charge in [-0.25, -0.2) is 9.37 Å². The van der Waals surface area contributed by atoms with Crippen LogP contribution in [0.15, 0.2) is 29.8 Å². The molecule has 0 radical (unpaired) electrons. The molecule has 1 aromatic carbocycles. The minimum atomic E-state index is -0.869. The topological polar surface area (TPSA) is 87.9 Å². The molecule has 2 aromatic rings. The van der Waals surface area contributed by atoms with Crippen LogP contribution in [0.2, 0.25) is 5.15 Å². The number of hydrogen-bond donors (Lipinski definition) is 1. The van der Waals surface area contributed by atoms with Crippen molar-refractivity contribution in [3.05, 3.63) is 46.5 Å². The molecule has 0 aliphatic heterocycles. The number of nitriles is 1. The quantitative estimate of drug-likeness (QED) is 0.685. The van der Waals surface area contributed by atoms with Crippen LogP contribution in [0.3, 0.4) is 0 Å². The largest absolute Gasteiger partial charge is 0.365 e. The van der Waals surface area contributed by atoms with Crippen molar-refractivity contribution in [2.75, 3.05) is 19.0 Å². The number of aromatic nitrogens is 2. The van der Waals surface area contributed by atoms with E-state index in [9.17, 15) is 9.18 Å². The van der Waals surface area contributed by atoms with Gasteiger partial charge in [-0.3, -0.25) is 9.36 Å². The Bertz CT molecular complexity index is 818. The second-order valence-corrected chi connectivity index (χ2v) is 5.19. The summed E-state index contributed by atoms with van der Waals surface area (Å²) in [6, 6.07) is 7.38. The van der Waals surface area contributed by atoms with Crippen LogP contribution in [0.25, 0.3) is 11.8 Å². The number of anilines is 1. The van der Waals surface area contributed by atoms with Crippen LogP contribution in [0, 0.1) is 17.1 Å². The molecule has 0 spiro atoms. The van der Waals surface area contributed by atoms with Crippen LogP contribution in [0.5, 0.6) is 0 Å². The van der Waals surface area contributed by atoms with Gasteiger partial charge in [0.05, 0.1) is 5.69 Å². The molecular formula is C15H13ClFN5O. The van der Waals surface area contributed by atoms with Gasteiger partial charge in [-0.05, 0) is 30.3 Å². The lowest BCUT2D eigenvalue weighted by molar-refractivity contribution is -0.114. The second kappa shape index (κ2) is 6.50. The Morgan fingerprint density at radius 1 is 1.43 bits per heavy atom. The number of nitrogens with zero attached hydrogens (tertiary/aromatic N) is 4. The molecule has 2 rings (SSSR count). The number of hydrogen-bond acceptors (Lipinski definition) is 4. The van der Waals surface area contributed by atoms with Gasteiger partial charge < -0.3 is 10.6 Å². The predicted molar refractivity (Wildman–Crippen MR) is 85.6 cm³/mol. The van der Waals surface area contributed by atoms with Crippen molar-refractivity contribution < 1.29 is 9.18 Å². The molecular weight excluding hydrogens is 321 g/mol. The van der Waals surface area contributed by atoms with Crippen LogP contribution < -0.4 is 10.6 Å². The number of carbonyl (C=O) groups excluding carboxylic acids is 1. The fourth-order valence-corrected chi connectivity index (χ4v) is 2.18. The van der Waals surface area contributed by atoms with Crippen LogP contribution in [-0.4, -0.2) is 29.6 Å². The van der Waals surface area contributed by atoms with Gasteiger partial charge in [-0.2, -0.15) is 5.26 Å². The van der Waals surface area contributed by atoms with Gasteiger partial charge in [0.15, 0.2) is 0 Å². The minimum absolute atomic E-state index is 0.175. The summed E-state index contributed by atoms with van der Waals surface area (Å²) in [6.45, 7) is 0. The highest BCUT2D eigenvalue weighted by atomic mass is 35.5. The zero-order valence-corrected chi connectivity index (χ0v) is 13.2. The molecule has 0 saturated heterocycles. The molecule has 2 N–H and O–H groups in total. The van der Waals surface area contributed by atoms with Crippen molar-refractivity contribution in [3.63, 3.8) is 0 Å². The summed E-state index contributed by atoms with van der Waals surface area (Å²) >= 11 is 6.33. The summed E-state index contributed by atoms with van der Waals surface area (Å²) in [6.07, 6.45) is 1.22. The fraction of sp³-hybridized carbons (Fsp3) is 0.133. The maximum atomic E-state index is 13.1. The molecule has 0 aliphatic rings. The predicted octanol–water partition coefficient (Wildman–Crippen LogP) is 2.12. The van der Waals surface area contributed by atoms with E-state index >= 15 is 0 Å². The van der Waals surface area contributed by atoms with Crippen LogP contribution in [0.4, 0.5) is 10.3 Å². The third-order valence-electron chi connectivity index (χ3n) is 2.98. The highest BCUT2D eigenvalue weighted by Crippen LogP contribution is 2.29. The van der Waals surface area contributed by atoms with Crippen LogP contribution in [-0.2, 0) is 4.79 Å². The summed E-state index contributed by atoms with van der Waals surface area (Å²) in [5, 5.41) is 9.11. The lowest BCUT2D eigenvalue weighted by Crippen LogP contribution is -2.14. The number of rotatable bonds is 4. The van der Waals surface area contributed by atoms with Gasteiger partial charge in [-0.1, -0.05) is 11.6 Å². The van der Waals surface area contributed by atoms with Crippen molar-refractivity contribution >= 4 is 29.5 Å². The Kier molecular flexibility index (Phi) is 4.67. The van der Waals surface area contributed by atoms with Crippen molar-refractivity contribution in [2.45, 2.75) is 0 Å². The van der Waals surface area contributed by atoms with E-state index < -0.39 is 5.91 Å². The molecule has 8 heteroatoms. The monoisotopic (exact) mass is 333 g/mol. The van der Waals surface area contributed by atoms with E-state index in [4.69, 9.17) is 22.6 Å². The van der Waals surface area contributed by atoms with Gasteiger partial charge in [-0.15, -0.1) is 0 Å². The number of nitrogens with two attached hydrogens (primary N) is 1. The first kappa shape index (κ1) is 16.5. The van der Waals surface area contributed by atoms with Crippen molar-refractivity contribution in [2.24, 2.45) is 5.73 Å². The standard InChI is InChI=1S/C15H13ClFN5O/c1-21(2)15-20-12(7-9(8-18)14(19)23)13(16)22(15)11-5-3-10(17)4-6-11/h3-7H,1-2H3,(H2,19,23). The molecule has 0 atom stereocenters. The molecule has 0 aliphatic carbocycles.